The van der Waals surface area contributed by atoms with E-state index in [1.165, 1.54) is 4.90 Å². The Labute approximate surface area is 168 Å². The number of benzene rings is 2. The molecule has 0 spiro atoms. The van der Waals surface area contributed by atoms with E-state index in [1.807, 2.05) is 36.4 Å². The molecule has 0 unspecified atom stereocenters. The molecule has 134 valence electrons. The van der Waals surface area contributed by atoms with Crippen LogP contribution in [-0.2, 0) is 16.1 Å². The lowest BCUT2D eigenvalue weighted by molar-refractivity contribution is -0.115. The fourth-order valence-corrected chi connectivity index (χ4v) is 3.52. The monoisotopic (exact) mass is 480 g/mol. The van der Waals surface area contributed by atoms with Crippen LogP contribution in [0.5, 0.6) is 0 Å². The molecule has 0 bridgehead atoms. The van der Waals surface area contributed by atoms with Gasteiger partial charge in [0, 0.05) is 14.6 Å². The molecule has 0 aliphatic heterocycles. The Morgan fingerprint density at radius 2 is 1.81 bits per heavy atom. The molecule has 26 heavy (non-hydrogen) atoms. The number of carbonyl (C=O) groups is 1. The smallest absolute Gasteiger partial charge is 0.475 e. The highest BCUT2D eigenvalue weighted by Crippen LogP contribution is 2.29. The molecule has 1 N–H and O–H groups in total. The molecule has 0 saturated heterocycles. The molecule has 8 heteroatoms. The van der Waals surface area contributed by atoms with Crippen molar-refractivity contribution in [3.63, 3.8) is 0 Å². The number of aliphatic hydroxyl groups excluding tert-OH is 1. The van der Waals surface area contributed by atoms with Gasteiger partial charge in [-0.3, -0.25) is 9.69 Å². The molecule has 2 rings (SSSR count). The highest BCUT2D eigenvalue weighted by Gasteiger charge is 2.36. The Kier molecular flexibility index (Phi) is 7.18. The van der Waals surface area contributed by atoms with Crippen molar-refractivity contribution in [2.45, 2.75) is 13.5 Å². The third-order valence-corrected chi connectivity index (χ3v) is 4.29. The Bertz CT molecular complexity index is 843. The van der Waals surface area contributed by atoms with Crippen LogP contribution in [0.2, 0.25) is 0 Å². The van der Waals surface area contributed by atoms with Gasteiger partial charge in [-0.25, -0.2) is 0 Å². The SMILES string of the molecule is CCO/C(O)=C(/[N+]#N)C(=O)N(Cc1ccccc1)c1cc(Br)cc(Br)c1. The van der Waals surface area contributed by atoms with Gasteiger partial charge in [0.25, 0.3) is 0 Å². The van der Waals surface area contributed by atoms with Crippen molar-refractivity contribution in [2.24, 2.45) is 0 Å². The third-order valence-electron chi connectivity index (χ3n) is 3.37. The van der Waals surface area contributed by atoms with E-state index < -0.39 is 17.5 Å². The first-order chi connectivity index (χ1) is 12.5. The summed E-state index contributed by atoms with van der Waals surface area (Å²) in [6.45, 7) is 1.98. The summed E-state index contributed by atoms with van der Waals surface area (Å²) in [4.78, 5) is 17.3. The zero-order valence-corrected chi connectivity index (χ0v) is 17.1. The van der Waals surface area contributed by atoms with Crippen molar-refractivity contribution >= 4 is 43.5 Å². The second-order valence-corrected chi connectivity index (χ2v) is 7.02. The van der Waals surface area contributed by atoms with Crippen LogP contribution >= 0.6 is 31.9 Å². The molecule has 1 amide bonds. The first-order valence-electron chi connectivity index (χ1n) is 7.69. The highest BCUT2D eigenvalue weighted by atomic mass is 79.9. The first kappa shape index (κ1) is 19.9. The zero-order valence-electron chi connectivity index (χ0n) is 13.9. The quantitative estimate of drug-likeness (QED) is 0.342. The molecule has 6 nitrogen and oxygen atoms in total. The van der Waals surface area contributed by atoms with E-state index in [9.17, 15) is 15.3 Å². The summed E-state index contributed by atoms with van der Waals surface area (Å²) in [7, 11) is 0. The zero-order chi connectivity index (χ0) is 19.1. The molecule has 0 aliphatic rings. The summed E-state index contributed by atoms with van der Waals surface area (Å²) < 4.78 is 6.43. The Morgan fingerprint density at radius 1 is 1.19 bits per heavy atom. The number of diazo groups is 1. The molecule has 2 aromatic rings. The van der Waals surface area contributed by atoms with Gasteiger partial charge in [0.05, 0.1) is 13.2 Å². The standard InChI is InChI=1S/C18H15Br2N3O3/c1-2-26-18(25)16(22-21)17(24)23(11-12-6-4-3-5-7-12)15-9-13(19)8-14(20)10-15/h3-10H,2,11H2,1H3/p+1. The van der Waals surface area contributed by atoms with Crippen LogP contribution in [0.3, 0.4) is 0 Å². The Balaban J connectivity index is 2.51. The maximum absolute atomic E-state index is 13.0. The predicted molar refractivity (Wildman–Crippen MR) is 106 cm³/mol. The normalized spacial score (nSPS) is 11.3. The van der Waals surface area contributed by atoms with Crippen molar-refractivity contribution < 1.29 is 14.6 Å². The molecular weight excluding hydrogens is 466 g/mol. The van der Waals surface area contributed by atoms with Crippen molar-refractivity contribution in [3.8, 4) is 0 Å². The first-order valence-corrected chi connectivity index (χ1v) is 9.27. The number of hydrogen-bond donors (Lipinski definition) is 1. The summed E-state index contributed by atoms with van der Waals surface area (Å²) in [5.74, 6) is -1.43. The molecule has 0 aliphatic carbocycles. The molecule has 0 saturated carbocycles. The van der Waals surface area contributed by atoms with Crippen LogP contribution in [-0.4, -0.2) is 17.6 Å². The van der Waals surface area contributed by atoms with Crippen molar-refractivity contribution in [2.75, 3.05) is 11.5 Å². The maximum atomic E-state index is 13.0. The number of amides is 1. The van der Waals surface area contributed by atoms with E-state index in [2.05, 4.69) is 36.8 Å². The van der Waals surface area contributed by atoms with E-state index in [0.717, 1.165) is 14.5 Å². The lowest BCUT2D eigenvalue weighted by atomic mass is 10.2. The van der Waals surface area contributed by atoms with Crippen LogP contribution in [0.1, 0.15) is 12.5 Å². The van der Waals surface area contributed by atoms with Gasteiger partial charge in [-0.2, -0.15) is 0 Å². The lowest BCUT2D eigenvalue weighted by Crippen LogP contribution is -2.32. The van der Waals surface area contributed by atoms with Crippen molar-refractivity contribution in [1.82, 2.24) is 0 Å². The number of hydrogen-bond acceptors (Lipinski definition) is 4. The fraction of sp³-hybridized carbons (Fsp3) is 0.167. The minimum absolute atomic E-state index is 0.124. The van der Waals surface area contributed by atoms with Crippen LogP contribution in [0, 0.1) is 5.39 Å². The summed E-state index contributed by atoms with van der Waals surface area (Å²) in [5, 5.41) is 19.1. The maximum Gasteiger partial charge on any atom is 0.527 e. The van der Waals surface area contributed by atoms with Crippen LogP contribution in [0.4, 0.5) is 5.69 Å². The van der Waals surface area contributed by atoms with E-state index in [-0.39, 0.29) is 13.2 Å². The fourth-order valence-electron chi connectivity index (χ4n) is 2.25. The number of rotatable bonds is 6. The Morgan fingerprint density at radius 3 is 2.35 bits per heavy atom. The van der Waals surface area contributed by atoms with E-state index in [0.29, 0.717) is 5.69 Å². The number of anilines is 1. The van der Waals surface area contributed by atoms with Gasteiger partial charge in [0.2, 0.25) is 5.39 Å². The van der Waals surface area contributed by atoms with E-state index in [1.54, 1.807) is 19.1 Å². The average Bonchev–Trinajstić information content (AvgIpc) is 2.60. The largest absolute Gasteiger partial charge is 0.527 e. The van der Waals surface area contributed by atoms with E-state index >= 15 is 0 Å². The topological polar surface area (TPSA) is 77.9 Å². The highest BCUT2D eigenvalue weighted by molar-refractivity contribution is 9.11. The van der Waals surface area contributed by atoms with Gasteiger partial charge in [-0.05, 0) is 30.7 Å². The van der Waals surface area contributed by atoms with Crippen LogP contribution in [0.25, 0.3) is 4.98 Å². The molecule has 0 aromatic heterocycles. The minimum atomic E-state index is -0.730. The number of ether oxygens (including phenoxy) is 1. The number of nitrogens with zero attached hydrogens (tertiary/aromatic N) is 3. The van der Waals surface area contributed by atoms with Crippen LogP contribution < -0.4 is 4.90 Å². The number of halogens is 2. The minimum Gasteiger partial charge on any atom is -0.475 e. The molecule has 2 aromatic carbocycles. The summed E-state index contributed by atoms with van der Waals surface area (Å²) in [6.07, 6.45) is 0. The second kappa shape index (κ2) is 9.36. The van der Waals surface area contributed by atoms with Gasteiger partial charge < -0.3 is 9.84 Å². The van der Waals surface area contributed by atoms with Gasteiger partial charge >= 0.3 is 17.5 Å². The van der Waals surface area contributed by atoms with Crippen molar-refractivity contribution in [1.29, 1.82) is 5.39 Å². The van der Waals surface area contributed by atoms with Gasteiger partial charge in [0.1, 0.15) is 0 Å². The summed E-state index contributed by atoms with van der Waals surface area (Å²) in [6, 6.07) is 14.7. The summed E-state index contributed by atoms with van der Waals surface area (Å²) >= 11 is 6.79. The molecule has 0 atom stereocenters. The van der Waals surface area contributed by atoms with Crippen LogP contribution in [0.15, 0.2) is 69.1 Å². The predicted octanol–water partition coefficient (Wildman–Crippen LogP) is 5.36. The molecule has 0 heterocycles. The summed E-state index contributed by atoms with van der Waals surface area (Å²) in [5.41, 5.74) is 0.842. The van der Waals surface area contributed by atoms with Gasteiger partial charge in [-0.15, -0.1) is 0 Å². The second-order valence-electron chi connectivity index (χ2n) is 5.19. The number of aliphatic hydroxyl groups is 1. The van der Waals surface area contributed by atoms with Gasteiger partial charge in [-0.1, -0.05) is 62.2 Å². The Hall–Kier alpha value is -2.37. The third kappa shape index (κ3) is 5.07. The van der Waals surface area contributed by atoms with Crippen molar-refractivity contribution in [3.05, 3.63) is 79.7 Å². The van der Waals surface area contributed by atoms with Gasteiger partial charge in [0.15, 0.2) is 4.98 Å². The molecule has 0 fully saturated rings. The van der Waals surface area contributed by atoms with E-state index in [4.69, 9.17) is 4.74 Å². The lowest BCUT2D eigenvalue weighted by Gasteiger charge is -2.21. The molecular formula is C18H16Br2N3O3+. The molecule has 0 radical (unpaired) electrons. The average molecular weight is 482 g/mol. The number of carbonyl (C=O) groups excluding carboxylic acids is 1.